The molecule has 3 unspecified atom stereocenters. The Hall–Kier alpha value is -3.63. The van der Waals surface area contributed by atoms with Crippen LogP contribution in [0.2, 0.25) is 0 Å². The lowest BCUT2D eigenvalue weighted by molar-refractivity contribution is -0.152. The standard InChI is InChI=1S/C25H30N2O7.H2O/c1-15(26-19(24(29)30)10-9-16-7-5-4-6-8-16)23(28)27-14-18-13-22(34-3)21(33-2)12-17(18)11-20(27)25(31)32;/h4-8,12-13,15,19-20,26H,9-11,14H2,1-3H3,(H,29,30)(H,31,32);1H2. The van der Waals surface area contributed by atoms with Crippen molar-refractivity contribution in [1.82, 2.24) is 10.2 Å². The number of hydrogen-bond donors (Lipinski definition) is 3. The molecule has 3 atom stereocenters. The number of ether oxygens (including phenoxy) is 2. The summed E-state index contributed by atoms with van der Waals surface area (Å²) in [5, 5.41) is 22.4. The van der Waals surface area contributed by atoms with Crippen LogP contribution >= 0.6 is 0 Å². The maximum absolute atomic E-state index is 13.3. The van der Waals surface area contributed by atoms with Gasteiger partial charge in [0.1, 0.15) is 12.1 Å². The zero-order valence-corrected chi connectivity index (χ0v) is 20.0. The first-order valence-electron chi connectivity index (χ1n) is 11.0. The van der Waals surface area contributed by atoms with Crippen molar-refractivity contribution >= 4 is 17.8 Å². The van der Waals surface area contributed by atoms with Crippen LogP contribution in [0.4, 0.5) is 0 Å². The molecule has 0 bridgehead atoms. The summed E-state index contributed by atoms with van der Waals surface area (Å²) in [4.78, 5) is 38.4. The fourth-order valence-electron chi connectivity index (χ4n) is 4.22. The van der Waals surface area contributed by atoms with E-state index >= 15 is 0 Å². The first-order chi connectivity index (χ1) is 16.2. The van der Waals surface area contributed by atoms with E-state index in [1.54, 1.807) is 19.1 Å². The van der Waals surface area contributed by atoms with E-state index in [9.17, 15) is 24.6 Å². The van der Waals surface area contributed by atoms with Crippen molar-refractivity contribution in [1.29, 1.82) is 0 Å². The maximum atomic E-state index is 13.3. The van der Waals surface area contributed by atoms with E-state index < -0.39 is 36.0 Å². The van der Waals surface area contributed by atoms with Crippen LogP contribution < -0.4 is 14.8 Å². The zero-order chi connectivity index (χ0) is 24.8. The molecule has 0 spiro atoms. The van der Waals surface area contributed by atoms with Gasteiger partial charge in [0.05, 0.1) is 20.3 Å². The SMILES string of the molecule is COc1cc2c(cc1OC)CN(C(=O)C(C)NC(CCc1ccccc1)C(=O)O)C(C(=O)O)C2.O. The predicted octanol–water partition coefficient (Wildman–Crippen LogP) is 1.28. The minimum Gasteiger partial charge on any atom is -0.493 e. The van der Waals surface area contributed by atoms with Gasteiger partial charge in [0.15, 0.2) is 11.5 Å². The quantitative estimate of drug-likeness (QED) is 0.451. The number of rotatable bonds is 10. The molecule has 1 aliphatic rings. The van der Waals surface area contributed by atoms with Gasteiger partial charge in [0.2, 0.25) is 5.91 Å². The van der Waals surface area contributed by atoms with Crippen molar-refractivity contribution in [3.05, 3.63) is 59.2 Å². The smallest absolute Gasteiger partial charge is 0.326 e. The number of nitrogens with zero attached hydrogens (tertiary/aromatic N) is 1. The topological polar surface area (TPSA) is 157 Å². The highest BCUT2D eigenvalue weighted by atomic mass is 16.5. The van der Waals surface area contributed by atoms with E-state index in [2.05, 4.69) is 5.32 Å². The molecule has 1 amide bonds. The molecule has 35 heavy (non-hydrogen) atoms. The number of nitrogens with one attached hydrogen (secondary N) is 1. The van der Waals surface area contributed by atoms with Crippen LogP contribution in [-0.4, -0.2) is 70.8 Å². The van der Waals surface area contributed by atoms with Crippen molar-refractivity contribution < 1.29 is 39.5 Å². The molecule has 5 N–H and O–H groups in total. The average Bonchev–Trinajstić information content (AvgIpc) is 2.84. The first kappa shape index (κ1) is 27.6. The molecule has 0 fully saturated rings. The van der Waals surface area contributed by atoms with Crippen molar-refractivity contribution in [3.63, 3.8) is 0 Å². The number of carboxylic acid groups (broad SMARTS) is 2. The number of carbonyl (C=O) groups excluding carboxylic acids is 1. The molecule has 1 aliphatic heterocycles. The molecule has 2 aromatic rings. The van der Waals surface area contributed by atoms with Crippen LogP contribution in [0.1, 0.15) is 30.0 Å². The highest BCUT2D eigenvalue weighted by Crippen LogP contribution is 2.35. The number of amides is 1. The van der Waals surface area contributed by atoms with E-state index in [1.165, 1.54) is 19.1 Å². The molecule has 0 radical (unpaired) electrons. The summed E-state index contributed by atoms with van der Waals surface area (Å²) in [6.45, 7) is 1.63. The molecule has 10 nitrogen and oxygen atoms in total. The Balaban J connectivity index is 0.00000432. The van der Waals surface area contributed by atoms with Gasteiger partial charge in [-0.05, 0) is 48.6 Å². The molecule has 1 heterocycles. The van der Waals surface area contributed by atoms with Gasteiger partial charge in [-0.2, -0.15) is 0 Å². The van der Waals surface area contributed by atoms with Gasteiger partial charge in [-0.3, -0.25) is 14.9 Å². The highest BCUT2D eigenvalue weighted by Gasteiger charge is 2.38. The second-order valence-electron chi connectivity index (χ2n) is 8.30. The monoisotopic (exact) mass is 488 g/mol. The summed E-state index contributed by atoms with van der Waals surface area (Å²) >= 11 is 0. The van der Waals surface area contributed by atoms with E-state index in [1.807, 2.05) is 30.3 Å². The molecule has 0 saturated heterocycles. The summed E-state index contributed by atoms with van der Waals surface area (Å²) in [5.74, 6) is -1.69. The van der Waals surface area contributed by atoms with Crippen molar-refractivity contribution in [3.8, 4) is 11.5 Å². The van der Waals surface area contributed by atoms with Gasteiger partial charge in [0, 0.05) is 13.0 Å². The van der Waals surface area contributed by atoms with Gasteiger partial charge in [-0.25, -0.2) is 4.79 Å². The van der Waals surface area contributed by atoms with Gasteiger partial charge >= 0.3 is 11.9 Å². The van der Waals surface area contributed by atoms with Gasteiger partial charge in [0.25, 0.3) is 0 Å². The average molecular weight is 489 g/mol. The van der Waals surface area contributed by atoms with Crippen LogP contribution in [0.15, 0.2) is 42.5 Å². The van der Waals surface area contributed by atoms with Gasteiger partial charge < -0.3 is 30.1 Å². The summed E-state index contributed by atoms with van der Waals surface area (Å²) in [6.07, 6.45) is 0.932. The Morgan fingerprint density at radius 1 is 1.06 bits per heavy atom. The van der Waals surface area contributed by atoms with Crippen molar-refractivity contribution in [2.24, 2.45) is 0 Å². The number of benzene rings is 2. The fraction of sp³-hybridized carbons (Fsp3) is 0.400. The number of aryl methyl sites for hydroxylation is 1. The Bertz CT molecular complexity index is 1040. The van der Waals surface area contributed by atoms with E-state index in [0.29, 0.717) is 24.3 Å². The maximum Gasteiger partial charge on any atom is 0.326 e. The number of methoxy groups -OCH3 is 2. The number of fused-ring (bicyclic) bond motifs is 1. The Morgan fingerprint density at radius 2 is 1.66 bits per heavy atom. The summed E-state index contributed by atoms with van der Waals surface area (Å²) in [5.41, 5.74) is 2.52. The fourth-order valence-corrected chi connectivity index (χ4v) is 4.22. The van der Waals surface area contributed by atoms with Crippen molar-refractivity contribution in [2.75, 3.05) is 14.2 Å². The largest absolute Gasteiger partial charge is 0.493 e. The molecule has 10 heteroatoms. The van der Waals surface area contributed by atoms with Gasteiger partial charge in [-0.15, -0.1) is 0 Å². The van der Waals surface area contributed by atoms with E-state index in [-0.39, 0.29) is 18.4 Å². The van der Waals surface area contributed by atoms with Crippen molar-refractivity contribution in [2.45, 2.75) is 50.9 Å². The molecule has 0 saturated carbocycles. The number of hydrogen-bond acceptors (Lipinski definition) is 6. The number of carboxylic acids is 2. The lowest BCUT2D eigenvalue weighted by Crippen LogP contribution is -2.56. The summed E-state index contributed by atoms with van der Waals surface area (Å²) < 4.78 is 10.7. The molecule has 0 aliphatic carbocycles. The van der Waals surface area contributed by atoms with Crippen LogP contribution in [0.3, 0.4) is 0 Å². The zero-order valence-electron chi connectivity index (χ0n) is 20.0. The minimum absolute atomic E-state index is 0. The normalized spacial score (nSPS) is 16.3. The third kappa shape index (κ3) is 6.49. The molecule has 0 aromatic heterocycles. The Kier molecular flexibility index (Phi) is 9.61. The second-order valence-corrected chi connectivity index (χ2v) is 8.30. The molecule has 190 valence electrons. The number of carbonyl (C=O) groups is 3. The second kappa shape index (κ2) is 12.2. The minimum atomic E-state index is -1.13. The van der Waals surface area contributed by atoms with Crippen LogP contribution in [0.5, 0.6) is 11.5 Å². The molecule has 2 aromatic carbocycles. The van der Waals surface area contributed by atoms with Crippen LogP contribution in [0.25, 0.3) is 0 Å². The lowest BCUT2D eigenvalue weighted by Gasteiger charge is -2.37. The summed E-state index contributed by atoms with van der Waals surface area (Å²) in [7, 11) is 3.01. The van der Waals surface area contributed by atoms with E-state index in [0.717, 1.165) is 16.7 Å². The predicted molar refractivity (Wildman–Crippen MR) is 128 cm³/mol. The Labute approximate surface area is 203 Å². The molecule has 3 rings (SSSR count). The Morgan fingerprint density at radius 3 is 2.20 bits per heavy atom. The number of aliphatic carboxylic acids is 2. The molecular formula is C25H32N2O8. The van der Waals surface area contributed by atoms with Gasteiger partial charge in [-0.1, -0.05) is 30.3 Å². The third-order valence-electron chi connectivity index (χ3n) is 6.09. The summed E-state index contributed by atoms with van der Waals surface area (Å²) in [6, 6.07) is 10.0. The lowest BCUT2D eigenvalue weighted by atomic mass is 9.92. The first-order valence-corrected chi connectivity index (χ1v) is 11.0. The highest BCUT2D eigenvalue weighted by molar-refractivity contribution is 5.88. The third-order valence-corrected chi connectivity index (χ3v) is 6.09. The van der Waals surface area contributed by atoms with E-state index in [4.69, 9.17) is 9.47 Å². The van der Waals surface area contributed by atoms with Crippen LogP contribution in [-0.2, 0) is 33.8 Å². The molecular weight excluding hydrogens is 456 g/mol. The van der Waals surface area contributed by atoms with Crippen LogP contribution in [0, 0.1) is 0 Å².